The Hall–Kier alpha value is -2.52. The number of sulfonamides is 1. The van der Waals surface area contributed by atoms with Gasteiger partial charge < -0.3 is 10.7 Å². The molecule has 31 heavy (non-hydrogen) atoms. The van der Waals surface area contributed by atoms with E-state index >= 15 is 0 Å². The second kappa shape index (κ2) is 8.20. The Kier molecular flexibility index (Phi) is 6.12. The molecule has 0 saturated heterocycles. The minimum atomic E-state index is -5.05. The van der Waals surface area contributed by atoms with Gasteiger partial charge in [-0.3, -0.25) is 0 Å². The van der Waals surface area contributed by atoms with Crippen LogP contribution in [0.1, 0.15) is 11.1 Å². The first-order valence-electron chi connectivity index (χ1n) is 8.37. The summed E-state index contributed by atoms with van der Waals surface area (Å²) < 4.78 is 82.3. The zero-order chi connectivity index (χ0) is 23.1. The maximum Gasteiger partial charge on any atom is 0.405 e. The highest BCUT2D eigenvalue weighted by Crippen LogP contribution is 2.34. The number of nitrogen functional groups attached to an aromatic ring is 1. The molecule has 13 heteroatoms. The van der Waals surface area contributed by atoms with Gasteiger partial charge in [-0.1, -0.05) is 23.2 Å². The maximum atomic E-state index is 14.3. The van der Waals surface area contributed by atoms with Crippen LogP contribution < -0.4 is 10.5 Å². The molecule has 1 aromatic heterocycles. The van der Waals surface area contributed by atoms with E-state index in [-0.39, 0.29) is 27.1 Å². The summed E-state index contributed by atoms with van der Waals surface area (Å²) in [5.41, 5.74) is 5.01. The number of H-pyrrole nitrogens is 1. The number of nitriles is 1. The average molecular weight is 495 g/mol. The number of aromatic amines is 1. The van der Waals surface area contributed by atoms with Gasteiger partial charge in [0.25, 0.3) is 0 Å². The zero-order valence-electron chi connectivity index (χ0n) is 15.2. The molecule has 0 aliphatic carbocycles. The number of rotatable bonds is 5. The van der Waals surface area contributed by atoms with Crippen LogP contribution in [-0.2, 0) is 16.4 Å². The van der Waals surface area contributed by atoms with E-state index in [1.165, 1.54) is 6.07 Å². The molecule has 0 amide bonds. The number of hydrogen-bond donors (Lipinski definition) is 3. The van der Waals surface area contributed by atoms with Crippen molar-refractivity contribution in [1.82, 2.24) is 9.71 Å². The third-order valence-corrected chi connectivity index (χ3v) is 6.63. The van der Waals surface area contributed by atoms with Gasteiger partial charge in [-0.2, -0.15) is 23.2 Å². The predicted molar refractivity (Wildman–Crippen MR) is 108 cm³/mol. The van der Waals surface area contributed by atoms with Crippen LogP contribution in [-0.4, -0.2) is 25.6 Å². The van der Waals surface area contributed by atoms with Gasteiger partial charge in [0.05, 0.1) is 21.8 Å². The van der Waals surface area contributed by atoms with Gasteiger partial charge in [0.2, 0.25) is 10.0 Å². The van der Waals surface area contributed by atoms with Crippen molar-refractivity contribution < 1.29 is 26.0 Å². The average Bonchev–Trinajstić information content (AvgIpc) is 3.04. The normalized spacial score (nSPS) is 13.3. The summed E-state index contributed by atoms with van der Waals surface area (Å²) in [6.45, 7) is 0. The molecular weight excluding hydrogens is 483 g/mol. The highest BCUT2D eigenvalue weighted by molar-refractivity contribution is 7.89. The van der Waals surface area contributed by atoms with E-state index in [1.807, 2.05) is 0 Å². The van der Waals surface area contributed by atoms with Gasteiger partial charge in [-0.05, 0) is 36.2 Å². The lowest BCUT2D eigenvalue weighted by Gasteiger charge is -2.22. The Balaban J connectivity index is 2.04. The van der Waals surface area contributed by atoms with E-state index in [0.717, 1.165) is 24.4 Å². The van der Waals surface area contributed by atoms with E-state index in [1.54, 1.807) is 10.8 Å². The summed E-state index contributed by atoms with van der Waals surface area (Å²) in [5, 5.41) is 8.39. The van der Waals surface area contributed by atoms with Crippen molar-refractivity contribution in [2.24, 2.45) is 0 Å². The molecule has 0 spiro atoms. The molecule has 0 radical (unpaired) electrons. The molecule has 0 bridgehead atoms. The van der Waals surface area contributed by atoms with Gasteiger partial charge >= 0.3 is 6.18 Å². The number of benzene rings is 2. The smallest absolute Gasteiger partial charge is 0.398 e. The van der Waals surface area contributed by atoms with Crippen LogP contribution in [0.15, 0.2) is 35.4 Å². The Morgan fingerprint density at radius 1 is 1.26 bits per heavy atom. The molecule has 0 aliphatic rings. The Morgan fingerprint density at radius 2 is 1.94 bits per heavy atom. The summed E-state index contributed by atoms with van der Waals surface area (Å²) in [7, 11) is -4.84. The Morgan fingerprint density at radius 3 is 2.52 bits per heavy atom. The van der Waals surface area contributed by atoms with E-state index in [9.17, 15) is 26.0 Å². The third-order valence-electron chi connectivity index (χ3n) is 4.41. The van der Waals surface area contributed by atoms with Gasteiger partial charge in [-0.15, -0.1) is 0 Å². The van der Waals surface area contributed by atoms with Crippen LogP contribution in [0.25, 0.3) is 10.9 Å². The predicted octanol–water partition coefficient (Wildman–Crippen LogP) is 4.52. The Labute approximate surface area is 183 Å². The molecular formula is C18H12Cl2F4N4O2S. The van der Waals surface area contributed by atoms with Gasteiger partial charge in [0, 0.05) is 16.6 Å². The van der Waals surface area contributed by atoms with Crippen molar-refractivity contribution in [2.45, 2.75) is 23.5 Å². The van der Waals surface area contributed by atoms with Crippen LogP contribution >= 0.6 is 23.2 Å². The monoisotopic (exact) mass is 494 g/mol. The molecule has 3 rings (SSSR count). The number of halogens is 6. The fraction of sp³-hybridized carbons (Fsp3) is 0.167. The SMILES string of the molecule is N#Cc1ccc(F)c2c(CC(NS(=O)(=O)c3c(N)cc(Cl)cc3Cl)C(F)(F)F)c[nH]c12. The molecule has 0 aliphatic heterocycles. The van der Waals surface area contributed by atoms with Crippen molar-refractivity contribution in [3.8, 4) is 6.07 Å². The molecule has 4 N–H and O–H groups in total. The fourth-order valence-electron chi connectivity index (χ4n) is 3.08. The van der Waals surface area contributed by atoms with Crippen molar-refractivity contribution in [3.05, 3.63) is 57.5 Å². The number of nitrogens with two attached hydrogens (primary N) is 1. The minimum Gasteiger partial charge on any atom is -0.398 e. The number of anilines is 1. The first kappa shape index (κ1) is 23.1. The van der Waals surface area contributed by atoms with Gasteiger partial charge in [0.1, 0.15) is 22.8 Å². The van der Waals surface area contributed by atoms with E-state index in [4.69, 9.17) is 34.2 Å². The van der Waals surface area contributed by atoms with E-state index in [0.29, 0.717) is 0 Å². The second-order valence-corrected chi connectivity index (χ2v) is 8.99. The summed E-state index contributed by atoms with van der Waals surface area (Å²) in [4.78, 5) is 1.80. The lowest BCUT2D eigenvalue weighted by molar-refractivity contribution is -0.150. The number of hydrogen-bond acceptors (Lipinski definition) is 4. The summed E-state index contributed by atoms with van der Waals surface area (Å²) in [6.07, 6.45) is -4.92. The van der Waals surface area contributed by atoms with Crippen LogP contribution in [0.3, 0.4) is 0 Å². The second-order valence-electron chi connectivity index (χ2n) is 6.50. The first-order chi connectivity index (χ1) is 14.3. The van der Waals surface area contributed by atoms with Crippen LogP contribution in [0.2, 0.25) is 10.0 Å². The highest BCUT2D eigenvalue weighted by Gasteiger charge is 2.43. The lowest BCUT2D eigenvalue weighted by Crippen LogP contribution is -2.46. The van der Waals surface area contributed by atoms with Gasteiger partial charge in [0.15, 0.2) is 0 Å². The third kappa shape index (κ3) is 4.57. The van der Waals surface area contributed by atoms with Crippen LogP contribution in [0.5, 0.6) is 0 Å². The number of alkyl halides is 3. The molecule has 0 fully saturated rings. The molecule has 3 aromatic rings. The summed E-state index contributed by atoms with van der Waals surface area (Å²) in [6, 6.07) is 3.33. The van der Waals surface area contributed by atoms with Crippen molar-refractivity contribution in [3.63, 3.8) is 0 Å². The number of aromatic nitrogens is 1. The highest BCUT2D eigenvalue weighted by atomic mass is 35.5. The van der Waals surface area contributed by atoms with Crippen molar-refractivity contribution >= 4 is 49.8 Å². The topological polar surface area (TPSA) is 112 Å². The largest absolute Gasteiger partial charge is 0.405 e. The molecule has 164 valence electrons. The first-order valence-corrected chi connectivity index (χ1v) is 10.6. The van der Waals surface area contributed by atoms with Crippen LogP contribution in [0, 0.1) is 17.1 Å². The number of nitrogens with zero attached hydrogens (tertiary/aromatic N) is 1. The van der Waals surface area contributed by atoms with Gasteiger partial charge in [-0.25, -0.2) is 12.8 Å². The Bertz CT molecular complexity index is 1290. The minimum absolute atomic E-state index is 0.00335. The zero-order valence-corrected chi connectivity index (χ0v) is 17.5. The lowest BCUT2D eigenvalue weighted by atomic mass is 10.0. The molecule has 0 saturated carbocycles. The molecule has 1 heterocycles. The van der Waals surface area contributed by atoms with E-state index in [2.05, 4.69) is 4.98 Å². The number of nitrogens with one attached hydrogen (secondary N) is 2. The van der Waals surface area contributed by atoms with Crippen molar-refractivity contribution in [2.75, 3.05) is 5.73 Å². The van der Waals surface area contributed by atoms with Crippen molar-refractivity contribution in [1.29, 1.82) is 5.26 Å². The fourth-order valence-corrected chi connectivity index (χ4v) is 5.29. The summed E-state index contributed by atoms with van der Waals surface area (Å²) >= 11 is 11.6. The molecule has 1 unspecified atom stereocenters. The molecule has 2 aromatic carbocycles. The standard InChI is InChI=1S/C18H12Cl2F4N4O2S/c19-10-4-11(20)17(13(26)5-10)31(29,30)28-14(18(22,23)24)3-9-7-27-16-8(6-25)1-2-12(21)15(9)16/h1-2,4-5,7,14,27-28H,3,26H2. The molecule has 6 nitrogen and oxygen atoms in total. The summed E-state index contributed by atoms with van der Waals surface area (Å²) in [5.74, 6) is -0.862. The maximum absolute atomic E-state index is 14.3. The number of fused-ring (bicyclic) bond motifs is 1. The quantitative estimate of drug-likeness (QED) is 0.357. The molecule has 1 atom stereocenters. The van der Waals surface area contributed by atoms with E-state index < -0.39 is 50.1 Å². The van der Waals surface area contributed by atoms with Crippen LogP contribution in [0.4, 0.5) is 23.2 Å².